The zero-order valence-electron chi connectivity index (χ0n) is 13.2. The van der Waals surface area contributed by atoms with Gasteiger partial charge in [-0.1, -0.05) is 6.92 Å². The van der Waals surface area contributed by atoms with E-state index in [2.05, 4.69) is 49.8 Å². The zero-order valence-corrected chi connectivity index (χ0v) is 13.2. The van der Waals surface area contributed by atoms with Crippen molar-refractivity contribution in [2.75, 3.05) is 11.4 Å². The fourth-order valence-electron chi connectivity index (χ4n) is 2.82. The highest BCUT2D eigenvalue weighted by Crippen LogP contribution is 2.30. The third kappa shape index (κ3) is 3.69. The maximum atomic E-state index is 13.5. The van der Waals surface area contributed by atoms with Crippen LogP contribution in [0.4, 0.5) is 10.2 Å². The minimum atomic E-state index is -0.264. The third-order valence-electron chi connectivity index (χ3n) is 3.77. The lowest BCUT2D eigenvalue weighted by Gasteiger charge is -2.27. The highest BCUT2D eigenvalue weighted by atomic mass is 19.1. The standard InChI is InChI=1S/C16H26FN3/c1-11-6-12(2)20(10-11)15-13(7-14(17)9-18-15)8-19-16(3,4)5/h7,9,11-12,19H,6,8,10H2,1-5H3. The molecule has 4 heteroatoms. The summed E-state index contributed by atoms with van der Waals surface area (Å²) in [6.07, 6.45) is 2.50. The monoisotopic (exact) mass is 279 g/mol. The maximum Gasteiger partial charge on any atom is 0.141 e. The number of pyridine rings is 1. The Balaban J connectivity index is 2.24. The Hall–Kier alpha value is -1.16. The lowest BCUT2D eigenvalue weighted by atomic mass is 10.1. The van der Waals surface area contributed by atoms with E-state index in [0.29, 0.717) is 18.5 Å². The van der Waals surface area contributed by atoms with Crippen molar-refractivity contribution in [2.45, 2.75) is 59.2 Å². The van der Waals surface area contributed by atoms with Crippen LogP contribution in [0.2, 0.25) is 0 Å². The summed E-state index contributed by atoms with van der Waals surface area (Å²) >= 11 is 0. The van der Waals surface area contributed by atoms with E-state index >= 15 is 0 Å². The van der Waals surface area contributed by atoms with Gasteiger partial charge in [0, 0.05) is 30.2 Å². The van der Waals surface area contributed by atoms with Gasteiger partial charge >= 0.3 is 0 Å². The molecule has 1 aliphatic heterocycles. The van der Waals surface area contributed by atoms with Crippen molar-refractivity contribution in [3.05, 3.63) is 23.6 Å². The molecule has 0 aromatic carbocycles. The van der Waals surface area contributed by atoms with Crippen molar-refractivity contribution in [1.29, 1.82) is 0 Å². The van der Waals surface area contributed by atoms with Crippen LogP contribution in [0.5, 0.6) is 0 Å². The average Bonchev–Trinajstić information content (AvgIpc) is 2.65. The summed E-state index contributed by atoms with van der Waals surface area (Å²) in [6.45, 7) is 12.5. The molecule has 1 aromatic heterocycles. The second-order valence-electron chi connectivity index (χ2n) is 7.08. The lowest BCUT2D eigenvalue weighted by Crippen LogP contribution is -2.36. The second kappa shape index (κ2) is 5.68. The number of hydrogen-bond donors (Lipinski definition) is 1. The molecule has 1 saturated heterocycles. The van der Waals surface area contributed by atoms with E-state index < -0.39 is 0 Å². The van der Waals surface area contributed by atoms with Gasteiger partial charge in [0.15, 0.2) is 0 Å². The Bertz CT molecular complexity index is 467. The molecule has 0 bridgehead atoms. The van der Waals surface area contributed by atoms with Crippen LogP contribution in [0.3, 0.4) is 0 Å². The number of rotatable bonds is 3. The van der Waals surface area contributed by atoms with Crippen molar-refractivity contribution in [3.63, 3.8) is 0 Å². The van der Waals surface area contributed by atoms with E-state index in [1.54, 1.807) is 6.07 Å². The van der Waals surface area contributed by atoms with Crippen molar-refractivity contribution in [1.82, 2.24) is 10.3 Å². The molecule has 1 aliphatic rings. The fraction of sp³-hybridized carbons (Fsp3) is 0.688. The zero-order chi connectivity index (χ0) is 14.9. The Morgan fingerprint density at radius 2 is 2.10 bits per heavy atom. The summed E-state index contributed by atoms with van der Waals surface area (Å²) in [5.74, 6) is 1.33. The summed E-state index contributed by atoms with van der Waals surface area (Å²) in [5.41, 5.74) is 0.953. The number of aromatic nitrogens is 1. The number of hydrogen-bond acceptors (Lipinski definition) is 3. The van der Waals surface area contributed by atoms with Crippen LogP contribution in [0.25, 0.3) is 0 Å². The van der Waals surface area contributed by atoms with Crippen LogP contribution < -0.4 is 10.2 Å². The molecule has 2 atom stereocenters. The Kier molecular flexibility index (Phi) is 4.33. The SMILES string of the molecule is CC1CC(C)N(c2ncc(F)cc2CNC(C)(C)C)C1. The van der Waals surface area contributed by atoms with E-state index in [-0.39, 0.29) is 11.4 Å². The average molecular weight is 279 g/mol. The molecule has 2 rings (SSSR count). The van der Waals surface area contributed by atoms with E-state index in [9.17, 15) is 4.39 Å². The Labute approximate surface area is 121 Å². The van der Waals surface area contributed by atoms with Crippen LogP contribution in [-0.2, 0) is 6.54 Å². The molecule has 0 saturated carbocycles. The molecule has 1 aromatic rings. The van der Waals surface area contributed by atoms with Crippen molar-refractivity contribution in [2.24, 2.45) is 5.92 Å². The minimum Gasteiger partial charge on any atom is -0.353 e. The predicted octanol–water partition coefficient (Wildman–Crippen LogP) is 3.34. The molecule has 2 unspecified atom stereocenters. The molecular formula is C16H26FN3. The molecule has 3 nitrogen and oxygen atoms in total. The van der Waals surface area contributed by atoms with Gasteiger partial charge < -0.3 is 10.2 Å². The molecule has 2 heterocycles. The van der Waals surface area contributed by atoms with Gasteiger partial charge in [-0.3, -0.25) is 0 Å². The van der Waals surface area contributed by atoms with Gasteiger partial charge in [-0.2, -0.15) is 0 Å². The molecule has 112 valence electrons. The van der Waals surface area contributed by atoms with Gasteiger partial charge in [0.05, 0.1) is 6.20 Å². The molecule has 20 heavy (non-hydrogen) atoms. The first kappa shape index (κ1) is 15.2. The van der Waals surface area contributed by atoms with Crippen LogP contribution in [0.1, 0.15) is 46.6 Å². The van der Waals surface area contributed by atoms with Crippen LogP contribution in [0.15, 0.2) is 12.3 Å². The van der Waals surface area contributed by atoms with Gasteiger partial charge in [0.1, 0.15) is 11.6 Å². The first-order valence-electron chi connectivity index (χ1n) is 7.42. The third-order valence-corrected chi connectivity index (χ3v) is 3.77. The lowest BCUT2D eigenvalue weighted by molar-refractivity contribution is 0.423. The van der Waals surface area contributed by atoms with Gasteiger partial charge in [-0.05, 0) is 46.1 Å². The van der Waals surface area contributed by atoms with Gasteiger partial charge in [-0.15, -0.1) is 0 Å². The smallest absolute Gasteiger partial charge is 0.141 e. The van der Waals surface area contributed by atoms with Gasteiger partial charge in [0.2, 0.25) is 0 Å². The van der Waals surface area contributed by atoms with Crippen molar-refractivity contribution < 1.29 is 4.39 Å². The van der Waals surface area contributed by atoms with Crippen LogP contribution in [0, 0.1) is 11.7 Å². The van der Waals surface area contributed by atoms with Gasteiger partial charge in [-0.25, -0.2) is 9.37 Å². The molecule has 1 fully saturated rings. The fourth-order valence-corrected chi connectivity index (χ4v) is 2.82. The number of nitrogens with one attached hydrogen (secondary N) is 1. The second-order valence-corrected chi connectivity index (χ2v) is 7.08. The summed E-state index contributed by atoms with van der Waals surface area (Å²) in [5, 5.41) is 3.42. The number of halogens is 1. The predicted molar refractivity (Wildman–Crippen MR) is 81.4 cm³/mol. The normalized spacial score (nSPS) is 23.4. The van der Waals surface area contributed by atoms with Crippen LogP contribution >= 0.6 is 0 Å². The molecular weight excluding hydrogens is 253 g/mol. The van der Waals surface area contributed by atoms with E-state index in [1.807, 2.05) is 0 Å². The van der Waals surface area contributed by atoms with E-state index in [4.69, 9.17) is 0 Å². The molecule has 0 amide bonds. The number of anilines is 1. The Morgan fingerprint density at radius 1 is 1.40 bits per heavy atom. The highest BCUT2D eigenvalue weighted by Gasteiger charge is 2.28. The first-order valence-corrected chi connectivity index (χ1v) is 7.42. The first-order chi connectivity index (χ1) is 9.26. The summed E-state index contributed by atoms with van der Waals surface area (Å²) in [7, 11) is 0. The van der Waals surface area contributed by atoms with Crippen LogP contribution in [-0.4, -0.2) is 23.1 Å². The minimum absolute atomic E-state index is 0.00745. The van der Waals surface area contributed by atoms with Gasteiger partial charge in [0.25, 0.3) is 0 Å². The summed E-state index contributed by atoms with van der Waals surface area (Å²) in [6, 6.07) is 2.08. The number of nitrogens with zero attached hydrogens (tertiary/aromatic N) is 2. The van der Waals surface area contributed by atoms with Crippen molar-refractivity contribution >= 4 is 5.82 Å². The topological polar surface area (TPSA) is 28.2 Å². The molecule has 1 N–H and O–H groups in total. The molecule has 0 spiro atoms. The highest BCUT2D eigenvalue weighted by molar-refractivity contribution is 5.49. The molecule has 0 aliphatic carbocycles. The summed E-state index contributed by atoms with van der Waals surface area (Å²) in [4.78, 5) is 6.67. The van der Waals surface area contributed by atoms with E-state index in [1.165, 1.54) is 12.6 Å². The Morgan fingerprint density at radius 3 is 2.65 bits per heavy atom. The maximum absolute atomic E-state index is 13.5. The summed E-state index contributed by atoms with van der Waals surface area (Å²) < 4.78 is 13.5. The van der Waals surface area contributed by atoms with E-state index in [0.717, 1.165) is 17.9 Å². The largest absolute Gasteiger partial charge is 0.353 e. The molecule has 0 radical (unpaired) electrons. The quantitative estimate of drug-likeness (QED) is 0.919. The van der Waals surface area contributed by atoms with Crippen molar-refractivity contribution in [3.8, 4) is 0 Å².